The third-order valence-electron chi connectivity index (χ3n) is 5.34. The fourth-order valence-corrected chi connectivity index (χ4v) is 4.60. The lowest BCUT2D eigenvalue weighted by Gasteiger charge is -2.33. The van der Waals surface area contributed by atoms with Crippen LogP contribution in [0.1, 0.15) is 78.1 Å². The molecule has 1 unspecified atom stereocenters. The van der Waals surface area contributed by atoms with E-state index in [-0.39, 0.29) is 6.41 Å². The molecule has 0 spiro atoms. The van der Waals surface area contributed by atoms with Crippen LogP contribution in [0.3, 0.4) is 0 Å². The number of primary amides is 1. The lowest BCUT2D eigenvalue weighted by Crippen LogP contribution is -2.28. The maximum Gasteiger partial charge on any atom is 0.204 e. The van der Waals surface area contributed by atoms with Gasteiger partial charge < -0.3 is 16.2 Å². The van der Waals surface area contributed by atoms with Gasteiger partial charge in [0.05, 0.1) is 6.10 Å². The van der Waals surface area contributed by atoms with E-state index < -0.39 is 0 Å². The van der Waals surface area contributed by atoms with E-state index >= 15 is 0 Å². The van der Waals surface area contributed by atoms with E-state index in [0.29, 0.717) is 22.6 Å². The molecule has 0 radical (unpaired) electrons. The first-order valence-electron chi connectivity index (χ1n) is 10.5. The smallest absolute Gasteiger partial charge is 0.204 e. The van der Waals surface area contributed by atoms with Crippen LogP contribution in [0, 0.1) is 11.8 Å². The molecule has 4 nitrogen and oxygen atoms in total. The van der Waals surface area contributed by atoms with Gasteiger partial charge in [0.25, 0.3) is 0 Å². The third-order valence-corrected chi connectivity index (χ3v) is 6.33. The van der Waals surface area contributed by atoms with Crippen LogP contribution in [0.4, 0.5) is 0 Å². The summed E-state index contributed by atoms with van der Waals surface area (Å²) in [5.74, 6) is 7.21. The van der Waals surface area contributed by atoms with Crippen molar-refractivity contribution in [3.8, 4) is 0 Å². The molecule has 1 atom stereocenters. The van der Waals surface area contributed by atoms with Gasteiger partial charge in [0.15, 0.2) is 0 Å². The molecule has 0 saturated heterocycles. The first-order chi connectivity index (χ1) is 12.5. The third kappa shape index (κ3) is 12.9. The average molecular weight is 389 g/mol. The Morgan fingerprint density at radius 2 is 1.50 bits per heavy atom. The minimum atomic E-state index is 0.250. The number of rotatable bonds is 7. The Labute approximate surface area is 164 Å². The highest BCUT2D eigenvalue weighted by Crippen LogP contribution is 2.35. The van der Waals surface area contributed by atoms with Crippen LogP contribution >= 0.6 is 10.5 Å². The Hall–Kier alpha value is -0.390. The molecule has 26 heavy (non-hydrogen) atoms. The summed E-state index contributed by atoms with van der Waals surface area (Å²) in [6, 6.07) is 0.493. The number of hydrogen-bond acceptors (Lipinski definition) is 3. The lowest BCUT2D eigenvalue weighted by molar-refractivity contribution is -0.106. The highest BCUT2D eigenvalue weighted by Gasteiger charge is 2.26. The SMILES string of the molecule is C=S(C)CCCOC1CCC(CC2CCC(N)CC2)CC1.CC.NC=O. The van der Waals surface area contributed by atoms with Gasteiger partial charge in [-0.15, -0.1) is 0 Å². The van der Waals surface area contributed by atoms with Gasteiger partial charge in [-0.05, 0) is 88.1 Å². The zero-order valence-electron chi connectivity index (χ0n) is 17.5. The molecule has 0 aromatic rings. The van der Waals surface area contributed by atoms with Crippen molar-refractivity contribution in [2.75, 3.05) is 18.6 Å². The first-order valence-corrected chi connectivity index (χ1v) is 12.5. The Kier molecular flexibility index (Phi) is 16.5. The Bertz CT molecular complexity index is 350. The van der Waals surface area contributed by atoms with Gasteiger partial charge in [-0.2, -0.15) is 10.5 Å². The van der Waals surface area contributed by atoms with Gasteiger partial charge in [-0.3, -0.25) is 4.79 Å². The number of nitrogens with two attached hydrogens (primary N) is 2. The fourth-order valence-electron chi connectivity index (χ4n) is 3.98. The van der Waals surface area contributed by atoms with E-state index in [1.165, 1.54) is 70.0 Å². The molecule has 0 aromatic heterocycles. The van der Waals surface area contributed by atoms with Gasteiger partial charge in [-0.1, -0.05) is 19.7 Å². The Morgan fingerprint density at radius 3 is 1.96 bits per heavy atom. The summed E-state index contributed by atoms with van der Waals surface area (Å²) < 4.78 is 6.05. The molecule has 0 heterocycles. The van der Waals surface area contributed by atoms with E-state index in [0.717, 1.165) is 18.4 Å². The summed E-state index contributed by atoms with van der Waals surface area (Å²) in [6.07, 6.45) is 16.3. The first kappa shape index (κ1) is 25.6. The zero-order chi connectivity index (χ0) is 19.8. The maximum atomic E-state index is 8.58. The van der Waals surface area contributed by atoms with Gasteiger partial charge in [0, 0.05) is 12.6 Å². The second-order valence-corrected chi connectivity index (χ2v) is 9.48. The summed E-state index contributed by atoms with van der Waals surface area (Å²) in [5.41, 5.74) is 10.2. The topological polar surface area (TPSA) is 78.3 Å². The van der Waals surface area contributed by atoms with Crippen molar-refractivity contribution in [1.82, 2.24) is 0 Å². The van der Waals surface area contributed by atoms with E-state index in [4.69, 9.17) is 15.3 Å². The van der Waals surface area contributed by atoms with Gasteiger partial charge in [0.1, 0.15) is 0 Å². The van der Waals surface area contributed by atoms with Crippen molar-refractivity contribution in [2.24, 2.45) is 23.3 Å². The van der Waals surface area contributed by atoms with Crippen molar-refractivity contribution < 1.29 is 9.53 Å². The largest absolute Gasteiger partial charge is 0.378 e. The molecule has 0 aliphatic heterocycles. The molecule has 0 aromatic carbocycles. The van der Waals surface area contributed by atoms with Crippen LogP contribution in [-0.4, -0.2) is 43.0 Å². The van der Waals surface area contributed by atoms with E-state index in [1.54, 1.807) is 0 Å². The van der Waals surface area contributed by atoms with E-state index in [9.17, 15) is 0 Å². The van der Waals surface area contributed by atoms with Gasteiger partial charge in [-0.25, -0.2) is 0 Å². The minimum Gasteiger partial charge on any atom is -0.378 e. The summed E-state index contributed by atoms with van der Waals surface area (Å²) in [5, 5.41) is 0. The van der Waals surface area contributed by atoms with Crippen molar-refractivity contribution in [2.45, 2.75) is 90.2 Å². The van der Waals surface area contributed by atoms with Crippen LogP contribution in [0.15, 0.2) is 0 Å². The van der Waals surface area contributed by atoms with Crippen molar-refractivity contribution >= 4 is 22.8 Å². The fraction of sp³-hybridized carbons (Fsp3) is 0.905. The predicted octanol–water partition coefficient (Wildman–Crippen LogP) is 4.32. The molecule has 2 fully saturated rings. The molecule has 1 amide bonds. The van der Waals surface area contributed by atoms with Crippen molar-refractivity contribution in [3.05, 3.63) is 0 Å². The minimum absolute atomic E-state index is 0.250. The number of ether oxygens (including phenoxy) is 1. The molecule has 2 rings (SSSR count). The summed E-state index contributed by atoms with van der Waals surface area (Å²) in [7, 11) is 0.326. The highest BCUT2D eigenvalue weighted by atomic mass is 32.2. The monoisotopic (exact) mass is 388 g/mol. The normalized spacial score (nSPS) is 29.4. The number of hydrogen-bond donors (Lipinski definition) is 2. The van der Waals surface area contributed by atoms with Crippen molar-refractivity contribution in [1.29, 1.82) is 0 Å². The lowest BCUT2D eigenvalue weighted by atomic mass is 9.76. The molecule has 2 aliphatic carbocycles. The van der Waals surface area contributed by atoms with Gasteiger partial charge in [0.2, 0.25) is 6.41 Å². The van der Waals surface area contributed by atoms with Crippen LogP contribution in [0.25, 0.3) is 0 Å². The number of amides is 1. The highest BCUT2D eigenvalue weighted by molar-refractivity contribution is 8.13. The molecule has 4 N–H and O–H groups in total. The van der Waals surface area contributed by atoms with Crippen LogP contribution in [0.2, 0.25) is 0 Å². The van der Waals surface area contributed by atoms with E-state index in [2.05, 4.69) is 17.9 Å². The molecule has 156 valence electrons. The number of carbonyl (C=O) groups excluding carboxylic acids is 1. The summed E-state index contributed by atoms with van der Waals surface area (Å²) >= 11 is 0. The molecule has 2 saturated carbocycles. The summed E-state index contributed by atoms with van der Waals surface area (Å²) in [6.45, 7) is 4.95. The quantitative estimate of drug-likeness (QED) is 0.387. The maximum absolute atomic E-state index is 8.58. The Morgan fingerprint density at radius 1 is 1.04 bits per heavy atom. The standard InChI is InChI=1S/C18H35NOS.C2H6.CH3NO/c1-21(2)13-3-12-20-18-10-6-16(7-11-18)14-15-4-8-17(19)9-5-15;1-2;2-1-3/h15-18H,1,3-14,19H2,2H3;1-2H3;1H,(H2,2,3). The van der Waals surface area contributed by atoms with Crippen LogP contribution in [-0.2, 0) is 9.53 Å². The summed E-state index contributed by atoms with van der Waals surface area (Å²) in [4.78, 5) is 8.58. The molecular weight excluding hydrogens is 344 g/mol. The zero-order valence-corrected chi connectivity index (χ0v) is 18.3. The van der Waals surface area contributed by atoms with Crippen molar-refractivity contribution in [3.63, 3.8) is 0 Å². The Balaban J connectivity index is 0.00000113. The molecule has 2 aliphatic rings. The molecule has 5 heteroatoms. The molecular formula is C21H44N2O2S. The predicted molar refractivity (Wildman–Crippen MR) is 118 cm³/mol. The molecule has 0 bridgehead atoms. The number of carbonyl (C=O) groups is 1. The van der Waals surface area contributed by atoms with Crippen LogP contribution < -0.4 is 11.5 Å². The van der Waals surface area contributed by atoms with E-state index in [1.807, 2.05) is 13.8 Å². The second-order valence-electron chi connectivity index (χ2n) is 7.51. The van der Waals surface area contributed by atoms with Gasteiger partial charge >= 0.3 is 0 Å². The second kappa shape index (κ2) is 16.8. The van der Waals surface area contributed by atoms with Crippen LogP contribution in [0.5, 0.6) is 0 Å². The average Bonchev–Trinajstić information content (AvgIpc) is 2.64.